The highest BCUT2D eigenvalue weighted by Gasteiger charge is 2.10. The van der Waals surface area contributed by atoms with E-state index in [9.17, 15) is 4.39 Å². The average molecular weight is 255 g/mol. The minimum absolute atomic E-state index is 0.247. The molecule has 0 aliphatic rings. The molecular formula is C15H14FN3. The van der Waals surface area contributed by atoms with Gasteiger partial charge in [0.1, 0.15) is 11.9 Å². The molecule has 0 unspecified atom stereocenters. The second kappa shape index (κ2) is 5.40. The minimum Gasteiger partial charge on any atom is -0.399 e. The van der Waals surface area contributed by atoms with Crippen LogP contribution >= 0.6 is 0 Å². The summed E-state index contributed by atoms with van der Waals surface area (Å²) in [5.74, 6) is -0.247. The normalized spacial score (nSPS) is 9.95. The Morgan fingerprint density at radius 2 is 2.00 bits per heavy atom. The lowest BCUT2D eigenvalue weighted by molar-refractivity contribution is 0.608. The van der Waals surface area contributed by atoms with Crippen LogP contribution in [-0.2, 0) is 6.54 Å². The van der Waals surface area contributed by atoms with E-state index in [1.54, 1.807) is 36.4 Å². The van der Waals surface area contributed by atoms with E-state index in [1.807, 2.05) is 11.9 Å². The van der Waals surface area contributed by atoms with E-state index in [-0.39, 0.29) is 5.82 Å². The van der Waals surface area contributed by atoms with Gasteiger partial charge in [-0.15, -0.1) is 0 Å². The molecule has 0 atom stereocenters. The van der Waals surface area contributed by atoms with Gasteiger partial charge in [0, 0.05) is 24.8 Å². The Morgan fingerprint density at radius 3 is 2.68 bits per heavy atom. The molecule has 0 aromatic heterocycles. The number of nitrogens with zero attached hydrogens (tertiary/aromatic N) is 2. The van der Waals surface area contributed by atoms with E-state index in [0.29, 0.717) is 23.4 Å². The topological polar surface area (TPSA) is 53.0 Å². The molecule has 2 aromatic rings. The number of hydrogen-bond acceptors (Lipinski definition) is 3. The molecular weight excluding hydrogens is 241 g/mol. The molecule has 0 heterocycles. The molecule has 0 saturated heterocycles. The van der Waals surface area contributed by atoms with Gasteiger partial charge in [-0.05, 0) is 24.3 Å². The Labute approximate surface area is 111 Å². The number of rotatable bonds is 3. The summed E-state index contributed by atoms with van der Waals surface area (Å²) in [5, 5.41) is 9.11. The van der Waals surface area contributed by atoms with Gasteiger partial charge in [0.2, 0.25) is 0 Å². The van der Waals surface area contributed by atoms with Crippen molar-refractivity contribution in [1.29, 1.82) is 5.26 Å². The van der Waals surface area contributed by atoms with Crippen molar-refractivity contribution in [2.45, 2.75) is 6.54 Å². The summed E-state index contributed by atoms with van der Waals surface area (Å²) in [5.41, 5.74) is 8.00. The van der Waals surface area contributed by atoms with Crippen molar-refractivity contribution >= 4 is 11.4 Å². The zero-order valence-electron chi connectivity index (χ0n) is 10.6. The summed E-state index contributed by atoms with van der Waals surface area (Å²) in [6, 6.07) is 13.8. The average Bonchev–Trinajstić information content (AvgIpc) is 2.41. The summed E-state index contributed by atoms with van der Waals surface area (Å²) < 4.78 is 13.6. The highest BCUT2D eigenvalue weighted by atomic mass is 19.1. The quantitative estimate of drug-likeness (QED) is 0.858. The number of nitriles is 1. The predicted molar refractivity (Wildman–Crippen MR) is 74.1 cm³/mol. The highest BCUT2D eigenvalue weighted by Crippen LogP contribution is 2.23. The first-order valence-corrected chi connectivity index (χ1v) is 5.86. The summed E-state index contributed by atoms with van der Waals surface area (Å²) in [6.07, 6.45) is 0. The smallest absolute Gasteiger partial charge is 0.128 e. The summed E-state index contributed by atoms with van der Waals surface area (Å²) in [4.78, 5) is 1.83. The van der Waals surface area contributed by atoms with Gasteiger partial charge in [0.05, 0.1) is 11.3 Å². The van der Waals surface area contributed by atoms with Crippen molar-refractivity contribution in [2.75, 3.05) is 17.7 Å². The molecule has 2 rings (SSSR count). The van der Waals surface area contributed by atoms with Crippen molar-refractivity contribution < 1.29 is 4.39 Å². The molecule has 19 heavy (non-hydrogen) atoms. The van der Waals surface area contributed by atoms with Crippen molar-refractivity contribution in [3.8, 4) is 6.07 Å². The van der Waals surface area contributed by atoms with Crippen LogP contribution in [0.5, 0.6) is 0 Å². The maximum absolute atomic E-state index is 13.6. The van der Waals surface area contributed by atoms with Crippen molar-refractivity contribution in [2.24, 2.45) is 0 Å². The SMILES string of the molecule is CN(Cc1ccccc1F)c1ccc(N)cc1C#N. The molecule has 96 valence electrons. The number of nitrogens with two attached hydrogens (primary N) is 1. The molecule has 2 aromatic carbocycles. The van der Waals surface area contributed by atoms with Gasteiger partial charge >= 0.3 is 0 Å². The maximum atomic E-state index is 13.6. The third-order valence-electron chi connectivity index (χ3n) is 2.92. The molecule has 0 fully saturated rings. The van der Waals surface area contributed by atoms with E-state index >= 15 is 0 Å². The van der Waals surface area contributed by atoms with E-state index < -0.39 is 0 Å². The monoisotopic (exact) mass is 255 g/mol. The van der Waals surface area contributed by atoms with Crippen LogP contribution in [0.1, 0.15) is 11.1 Å². The highest BCUT2D eigenvalue weighted by molar-refractivity contribution is 5.64. The largest absolute Gasteiger partial charge is 0.399 e. The number of nitrogen functional groups attached to an aromatic ring is 1. The molecule has 0 bridgehead atoms. The Bertz CT molecular complexity index is 632. The first kappa shape index (κ1) is 12.9. The van der Waals surface area contributed by atoms with Crippen LogP contribution in [0.25, 0.3) is 0 Å². The number of anilines is 2. The summed E-state index contributed by atoms with van der Waals surface area (Å²) >= 11 is 0. The molecule has 0 aliphatic heterocycles. The molecule has 2 N–H and O–H groups in total. The first-order chi connectivity index (χ1) is 9.11. The third kappa shape index (κ3) is 2.83. The summed E-state index contributed by atoms with van der Waals surface area (Å²) in [6.45, 7) is 0.394. The van der Waals surface area contributed by atoms with Gasteiger partial charge in [-0.25, -0.2) is 4.39 Å². The van der Waals surface area contributed by atoms with Gasteiger partial charge in [0.15, 0.2) is 0 Å². The standard InChI is InChI=1S/C15H14FN3/c1-19(10-11-4-2-3-5-14(11)16)15-7-6-13(18)8-12(15)9-17/h2-8H,10,18H2,1H3. The molecule has 0 radical (unpaired) electrons. The second-order valence-corrected chi connectivity index (χ2v) is 4.34. The van der Waals surface area contributed by atoms with E-state index in [0.717, 1.165) is 5.69 Å². The zero-order chi connectivity index (χ0) is 13.8. The fourth-order valence-corrected chi connectivity index (χ4v) is 1.94. The lowest BCUT2D eigenvalue weighted by atomic mass is 10.1. The third-order valence-corrected chi connectivity index (χ3v) is 2.92. The van der Waals surface area contributed by atoms with Crippen LogP contribution in [0.2, 0.25) is 0 Å². The molecule has 0 aliphatic carbocycles. The maximum Gasteiger partial charge on any atom is 0.128 e. The van der Waals surface area contributed by atoms with Gasteiger partial charge in [-0.1, -0.05) is 18.2 Å². The molecule has 0 saturated carbocycles. The fourth-order valence-electron chi connectivity index (χ4n) is 1.94. The Balaban J connectivity index is 2.28. The Hall–Kier alpha value is -2.54. The van der Waals surface area contributed by atoms with Crippen LogP contribution in [0.3, 0.4) is 0 Å². The zero-order valence-corrected chi connectivity index (χ0v) is 10.6. The first-order valence-electron chi connectivity index (χ1n) is 5.86. The lowest BCUT2D eigenvalue weighted by Gasteiger charge is -2.21. The van der Waals surface area contributed by atoms with Crippen LogP contribution in [-0.4, -0.2) is 7.05 Å². The molecule has 0 amide bonds. The number of benzene rings is 2. The van der Waals surface area contributed by atoms with Gasteiger partial charge in [-0.2, -0.15) is 5.26 Å². The molecule has 4 heteroatoms. The van der Waals surface area contributed by atoms with Gasteiger partial charge in [0.25, 0.3) is 0 Å². The molecule has 0 spiro atoms. The van der Waals surface area contributed by atoms with Crippen LogP contribution in [0.4, 0.5) is 15.8 Å². The van der Waals surface area contributed by atoms with Crippen LogP contribution < -0.4 is 10.6 Å². The Morgan fingerprint density at radius 1 is 1.26 bits per heavy atom. The van der Waals surface area contributed by atoms with Crippen molar-refractivity contribution in [1.82, 2.24) is 0 Å². The minimum atomic E-state index is -0.247. The van der Waals surface area contributed by atoms with Crippen molar-refractivity contribution in [3.63, 3.8) is 0 Å². The lowest BCUT2D eigenvalue weighted by Crippen LogP contribution is -2.18. The van der Waals surface area contributed by atoms with E-state index in [4.69, 9.17) is 11.0 Å². The van der Waals surface area contributed by atoms with E-state index in [1.165, 1.54) is 6.07 Å². The summed E-state index contributed by atoms with van der Waals surface area (Å²) in [7, 11) is 1.82. The number of halogens is 1. The second-order valence-electron chi connectivity index (χ2n) is 4.34. The Kier molecular flexibility index (Phi) is 3.67. The predicted octanol–water partition coefficient (Wildman–Crippen LogP) is 2.92. The molecule has 3 nitrogen and oxygen atoms in total. The van der Waals surface area contributed by atoms with E-state index in [2.05, 4.69) is 6.07 Å². The fraction of sp³-hybridized carbons (Fsp3) is 0.133. The van der Waals surface area contributed by atoms with Crippen LogP contribution in [0, 0.1) is 17.1 Å². The van der Waals surface area contributed by atoms with Gasteiger partial charge < -0.3 is 10.6 Å². The number of hydrogen-bond donors (Lipinski definition) is 1. The van der Waals surface area contributed by atoms with Crippen molar-refractivity contribution in [3.05, 3.63) is 59.4 Å². The van der Waals surface area contributed by atoms with Gasteiger partial charge in [-0.3, -0.25) is 0 Å². The van der Waals surface area contributed by atoms with Crippen LogP contribution in [0.15, 0.2) is 42.5 Å².